The topological polar surface area (TPSA) is 106 Å². The van der Waals surface area contributed by atoms with Gasteiger partial charge in [0.15, 0.2) is 0 Å². The highest BCUT2D eigenvalue weighted by Crippen LogP contribution is 2.16. The van der Waals surface area contributed by atoms with Crippen molar-refractivity contribution in [1.82, 2.24) is 16.0 Å². The molecule has 0 spiro atoms. The van der Waals surface area contributed by atoms with Gasteiger partial charge in [-0.3, -0.25) is 10.1 Å². The van der Waals surface area contributed by atoms with E-state index in [1.54, 1.807) is 34.6 Å². The smallest absolute Gasteiger partial charge is 0.408 e. The number of aldehydes is 1. The van der Waals surface area contributed by atoms with Gasteiger partial charge in [0.1, 0.15) is 17.9 Å². The molecule has 132 valence electrons. The summed E-state index contributed by atoms with van der Waals surface area (Å²) in [5, 5.41) is 8.36. The monoisotopic (exact) mass is 329 g/mol. The number of alkyl carbamates (subject to hydrolysis) is 1. The van der Waals surface area contributed by atoms with Gasteiger partial charge in [-0.25, -0.2) is 4.79 Å². The van der Waals surface area contributed by atoms with Gasteiger partial charge in [-0.2, -0.15) is 0 Å². The van der Waals surface area contributed by atoms with E-state index in [-0.39, 0.29) is 11.9 Å². The largest absolute Gasteiger partial charge is 0.444 e. The van der Waals surface area contributed by atoms with E-state index in [4.69, 9.17) is 9.47 Å². The van der Waals surface area contributed by atoms with Crippen LogP contribution < -0.4 is 16.0 Å². The minimum absolute atomic E-state index is 0.310. The fourth-order valence-corrected chi connectivity index (χ4v) is 2.06. The van der Waals surface area contributed by atoms with Crippen molar-refractivity contribution in [3.05, 3.63) is 0 Å². The van der Waals surface area contributed by atoms with E-state index in [9.17, 15) is 14.4 Å². The maximum absolute atomic E-state index is 12.1. The molecular formula is C15H27N3O5. The molecule has 1 fully saturated rings. The zero-order valence-corrected chi connectivity index (χ0v) is 14.4. The molecule has 1 rings (SSSR count). The second kappa shape index (κ2) is 7.74. The molecule has 0 saturated carbocycles. The van der Waals surface area contributed by atoms with Crippen LogP contribution in [0, 0.1) is 0 Å². The number of amides is 2. The summed E-state index contributed by atoms with van der Waals surface area (Å²) in [5.41, 5.74) is -1.07. The summed E-state index contributed by atoms with van der Waals surface area (Å²) in [4.78, 5) is 34.5. The molecule has 2 amide bonds. The highest BCUT2D eigenvalue weighted by molar-refractivity contribution is 5.85. The Kier molecular flexibility index (Phi) is 6.52. The van der Waals surface area contributed by atoms with E-state index in [0.717, 1.165) is 6.29 Å². The molecule has 0 aromatic carbocycles. The van der Waals surface area contributed by atoms with Gasteiger partial charge in [-0.05, 0) is 34.6 Å². The van der Waals surface area contributed by atoms with E-state index in [0.29, 0.717) is 19.8 Å². The molecule has 8 nitrogen and oxygen atoms in total. The van der Waals surface area contributed by atoms with Gasteiger partial charge in [-0.15, -0.1) is 0 Å². The molecule has 0 radical (unpaired) electrons. The Balaban J connectivity index is 2.42. The Morgan fingerprint density at radius 3 is 2.35 bits per heavy atom. The summed E-state index contributed by atoms with van der Waals surface area (Å²) < 4.78 is 10.3. The number of ether oxygens (including phenoxy) is 2. The Hall–Kier alpha value is -1.67. The Labute approximate surface area is 136 Å². The SMILES string of the molecule is C[C@H](NC(=O)OC(C)(C)C)C(=O)NCC1(N[C@@H](C)C=O)COC1. The fraction of sp³-hybridized carbons (Fsp3) is 0.800. The van der Waals surface area contributed by atoms with E-state index in [1.807, 2.05) is 0 Å². The van der Waals surface area contributed by atoms with Crippen LogP contribution in [0.3, 0.4) is 0 Å². The maximum atomic E-state index is 12.1. The van der Waals surface area contributed by atoms with Gasteiger partial charge in [0, 0.05) is 6.54 Å². The van der Waals surface area contributed by atoms with Gasteiger partial charge < -0.3 is 24.9 Å². The molecular weight excluding hydrogens is 302 g/mol. The lowest BCUT2D eigenvalue weighted by Crippen LogP contribution is -2.68. The van der Waals surface area contributed by atoms with Crippen LogP contribution in [-0.2, 0) is 19.1 Å². The molecule has 0 bridgehead atoms. The quantitative estimate of drug-likeness (QED) is 0.566. The predicted octanol–water partition coefficient (Wildman–Crippen LogP) is -0.0382. The first kappa shape index (κ1) is 19.4. The molecule has 3 N–H and O–H groups in total. The highest BCUT2D eigenvalue weighted by Gasteiger charge is 2.40. The number of rotatable bonds is 7. The van der Waals surface area contributed by atoms with Crippen molar-refractivity contribution in [2.45, 2.75) is 57.8 Å². The molecule has 0 aromatic rings. The Morgan fingerprint density at radius 1 is 1.30 bits per heavy atom. The lowest BCUT2D eigenvalue weighted by Gasteiger charge is -2.43. The third-order valence-corrected chi connectivity index (χ3v) is 3.22. The first-order chi connectivity index (χ1) is 10.6. The summed E-state index contributed by atoms with van der Waals surface area (Å²) in [5.74, 6) is -0.331. The second-order valence-electron chi connectivity index (χ2n) is 6.93. The van der Waals surface area contributed by atoms with Crippen molar-refractivity contribution in [3.63, 3.8) is 0 Å². The van der Waals surface area contributed by atoms with Crippen LogP contribution >= 0.6 is 0 Å². The number of hydrogen-bond donors (Lipinski definition) is 3. The second-order valence-corrected chi connectivity index (χ2v) is 6.93. The zero-order valence-electron chi connectivity index (χ0n) is 14.4. The molecule has 23 heavy (non-hydrogen) atoms. The van der Waals surface area contributed by atoms with Crippen LogP contribution in [0.15, 0.2) is 0 Å². The summed E-state index contributed by atoms with van der Waals surface area (Å²) >= 11 is 0. The Morgan fingerprint density at radius 2 is 1.91 bits per heavy atom. The van der Waals surface area contributed by atoms with Crippen molar-refractivity contribution in [1.29, 1.82) is 0 Å². The summed E-state index contributed by atoms with van der Waals surface area (Å²) in [6.45, 7) is 9.70. The first-order valence-corrected chi connectivity index (χ1v) is 7.65. The zero-order chi connectivity index (χ0) is 17.7. The van der Waals surface area contributed by atoms with Gasteiger partial charge >= 0.3 is 6.09 Å². The summed E-state index contributed by atoms with van der Waals surface area (Å²) in [6.07, 6.45) is 0.156. The van der Waals surface area contributed by atoms with Crippen molar-refractivity contribution < 1.29 is 23.9 Å². The molecule has 1 heterocycles. The minimum Gasteiger partial charge on any atom is -0.444 e. The molecule has 0 aromatic heterocycles. The van der Waals surface area contributed by atoms with E-state index in [2.05, 4.69) is 16.0 Å². The normalized spacial score (nSPS) is 19.0. The van der Waals surface area contributed by atoms with E-state index >= 15 is 0 Å². The molecule has 1 saturated heterocycles. The molecule has 1 aliphatic rings. The molecule has 8 heteroatoms. The van der Waals surface area contributed by atoms with Crippen LogP contribution in [-0.4, -0.2) is 61.3 Å². The van der Waals surface area contributed by atoms with Gasteiger partial charge in [-0.1, -0.05) is 0 Å². The fourth-order valence-electron chi connectivity index (χ4n) is 2.06. The lowest BCUT2D eigenvalue weighted by molar-refractivity contribution is -0.126. The van der Waals surface area contributed by atoms with Crippen LogP contribution in [0.5, 0.6) is 0 Å². The standard InChI is InChI=1S/C15H27N3O5/c1-10(6-19)18-15(8-22-9-15)7-16-12(20)11(2)17-13(21)23-14(3,4)5/h6,10-11,18H,7-9H2,1-5H3,(H,16,20)(H,17,21)/t10-,11-/m0/s1. The Bertz CT molecular complexity index is 443. The number of nitrogens with one attached hydrogen (secondary N) is 3. The third-order valence-electron chi connectivity index (χ3n) is 3.22. The molecule has 2 atom stereocenters. The molecule has 0 unspecified atom stereocenters. The van der Waals surface area contributed by atoms with Crippen molar-refractivity contribution in [2.24, 2.45) is 0 Å². The average molecular weight is 329 g/mol. The summed E-state index contributed by atoms with van der Waals surface area (Å²) in [6, 6.07) is -1.06. The average Bonchev–Trinajstić information content (AvgIpc) is 2.38. The molecule has 1 aliphatic heterocycles. The maximum Gasteiger partial charge on any atom is 0.408 e. The molecule has 0 aliphatic carbocycles. The van der Waals surface area contributed by atoms with Crippen LogP contribution in [0.25, 0.3) is 0 Å². The van der Waals surface area contributed by atoms with E-state index < -0.39 is 23.3 Å². The number of carbonyl (C=O) groups is 3. The van der Waals surface area contributed by atoms with Crippen molar-refractivity contribution in [2.75, 3.05) is 19.8 Å². The van der Waals surface area contributed by atoms with Crippen LogP contribution in [0.4, 0.5) is 4.79 Å². The van der Waals surface area contributed by atoms with Gasteiger partial charge in [0.25, 0.3) is 0 Å². The number of carbonyl (C=O) groups excluding carboxylic acids is 3. The van der Waals surface area contributed by atoms with Crippen molar-refractivity contribution in [3.8, 4) is 0 Å². The number of hydrogen-bond acceptors (Lipinski definition) is 6. The predicted molar refractivity (Wildman–Crippen MR) is 84.1 cm³/mol. The highest BCUT2D eigenvalue weighted by atomic mass is 16.6. The first-order valence-electron chi connectivity index (χ1n) is 7.65. The third kappa shape index (κ3) is 6.54. The van der Waals surface area contributed by atoms with Crippen LogP contribution in [0.1, 0.15) is 34.6 Å². The lowest BCUT2D eigenvalue weighted by atomic mass is 9.96. The van der Waals surface area contributed by atoms with E-state index in [1.165, 1.54) is 0 Å². The van der Waals surface area contributed by atoms with Gasteiger partial charge in [0.2, 0.25) is 5.91 Å². The minimum atomic E-state index is -0.730. The summed E-state index contributed by atoms with van der Waals surface area (Å²) in [7, 11) is 0. The van der Waals surface area contributed by atoms with Crippen LogP contribution in [0.2, 0.25) is 0 Å². The van der Waals surface area contributed by atoms with Gasteiger partial charge in [0.05, 0.1) is 24.8 Å². The van der Waals surface area contributed by atoms with Crippen molar-refractivity contribution >= 4 is 18.3 Å².